The van der Waals surface area contributed by atoms with E-state index in [2.05, 4.69) is 9.97 Å². The molecular weight excluding hydrogens is 262 g/mol. The molecule has 1 aliphatic rings. The van der Waals surface area contributed by atoms with Crippen LogP contribution in [0.4, 0.5) is 5.82 Å². The van der Waals surface area contributed by atoms with Gasteiger partial charge in [-0.05, 0) is 17.7 Å². The lowest BCUT2D eigenvalue weighted by atomic mass is 10.1. The maximum atomic E-state index is 5.97. The van der Waals surface area contributed by atoms with Crippen LogP contribution in [0.2, 0.25) is 5.02 Å². The molecule has 0 saturated heterocycles. The Bertz CT molecular complexity index is 598. The third-order valence-corrected chi connectivity index (χ3v) is 3.43. The molecular formula is C14H14ClN3O. The number of anilines is 1. The number of benzene rings is 1. The second-order valence-corrected chi connectivity index (χ2v) is 4.99. The van der Waals surface area contributed by atoms with Crippen molar-refractivity contribution in [3.63, 3.8) is 0 Å². The van der Waals surface area contributed by atoms with Crippen LogP contribution in [-0.2, 0) is 24.2 Å². The van der Waals surface area contributed by atoms with Crippen LogP contribution >= 0.6 is 11.6 Å². The van der Waals surface area contributed by atoms with Crippen molar-refractivity contribution in [1.82, 2.24) is 9.97 Å². The Morgan fingerprint density at radius 3 is 2.79 bits per heavy atom. The third-order valence-electron chi connectivity index (χ3n) is 3.18. The first-order valence-corrected chi connectivity index (χ1v) is 6.56. The second-order valence-electron chi connectivity index (χ2n) is 4.56. The highest BCUT2D eigenvalue weighted by Gasteiger charge is 2.16. The first kappa shape index (κ1) is 12.4. The Hall–Kier alpha value is -1.65. The van der Waals surface area contributed by atoms with E-state index in [1.54, 1.807) is 0 Å². The van der Waals surface area contributed by atoms with Crippen LogP contribution in [0.15, 0.2) is 24.3 Å². The molecule has 4 nitrogen and oxygen atoms in total. The molecule has 1 aromatic heterocycles. The lowest BCUT2D eigenvalue weighted by Gasteiger charge is -2.17. The van der Waals surface area contributed by atoms with Crippen molar-refractivity contribution in [2.75, 3.05) is 12.3 Å². The summed E-state index contributed by atoms with van der Waals surface area (Å²) in [4.78, 5) is 8.95. The molecule has 0 atom stereocenters. The van der Waals surface area contributed by atoms with Crippen molar-refractivity contribution >= 4 is 17.4 Å². The largest absolute Gasteiger partial charge is 0.383 e. The number of ether oxygens (including phenoxy) is 1. The van der Waals surface area contributed by atoms with Gasteiger partial charge in [-0.1, -0.05) is 23.7 Å². The van der Waals surface area contributed by atoms with E-state index in [0.717, 1.165) is 34.1 Å². The van der Waals surface area contributed by atoms with Crippen LogP contribution in [0, 0.1) is 0 Å². The van der Waals surface area contributed by atoms with Gasteiger partial charge in [0.25, 0.3) is 0 Å². The number of rotatable bonds is 2. The number of hydrogen-bond acceptors (Lipinski definition) is 4. The van der Waals surface area contributed by atoms with Gasteiger partial charge in [0, 0.05) is 23.4 Å². The number of hydrogen-bond donors (Lipinski definition) is 1. The second kappa shape index (κ2) is 5.15. The van der Waals surface area contributed by atoms with Crippen molar-refractivity contribution in [2.24, 2.45) is 0 Å². The van der Waals surface area contributed by atoms with Crippen molar-refractivity contribution in [3.8, 4) is 0 Å². The monoisotopic (exact) mass is 275 g/mol. The summed E-state index contributed by atoms with van der Waals surface area (Å²) in [5.41, 5.74) is 9.04. The molecule has 2 aromatic rings. The first-order chi connectivity index (χ1) is 9.22. The van der Waals surface area contributed by atoms with Gasteiger partial charge < -0.3 is 10.5 Å². The van der Waals surface area contributed by atoms with Gasteiger partial charge in [-0.2, -0.15) is 0 Å². The zero-order valence-corrected chi connectivity index (χ0v) is 11.2. The lowest BCUT2D eigenvalue weighted by Crippen LogP contribution is -2.17. The molecule has 19 heavy (non-hydrogen) atoms. The van der Waals surface area contributed by atoms with Crippen LogP contribution in [0.5, 0.6) is 0 Å². The maximum absolute atomic E-state index is 5.97. The summed E-state index contributed by atoms with van der Waals surface area (Å²) in [5, 5.41) is 0.728. The number of halogens is 1. The molecule has 0 amide bonds. The third kappa shape index (κ3) is 2.69. The normalized spacial score (nSPS) is 14.2. The predicted octanol–water partition coefficient (Wildman–Crippen LogP) is 2.38. The molecule has 5 heteroatoms. The summed E-state index contributed by atoms with van der Waals surface area (Å²) in [6.45, 7) is 1.21. The summed E-state index contributed by atoms with van der Waals surface area (Å²) in [5.74, 6) is 1.29. The van der Waals surface area contributed by atoms with Gasteiger partial charge in [-0.3, -0.25) is 0 Å². The molecule has 3 rings (SSSR count). The van der Waals surface area contributed by atoms with E-state index in [1.165, 1.54) is 0 Å². The van der Waals surface area contributed by atoms with Gasteiger partial charge in [0.1, 0.15) is 11.6 Å². The van der Waals surface area contributed by atoms with E-state index < -0.39 is 0 Å². The number of nitrogen functional groups attached to an aromatic ring is 1. The standard InChI is InChI=1S/C14H14ClN3O/c15-10-3-1-9(2-4-10)7-13-17-12-5-6-19-8-11(12)14(16)18-13/h1-4H,5-8H2,(H2,16,17,18). The van der Waals surface area contributed by atoms with E-state index in [4.69, 9.17) is 22.1 Å². The van der Waals surface area contributed by atoms with E-state index >= 15 is 0 Å². The fourth-order valence-corrected chi connectivity index (χ4v) is 2.30. The molecule has 0 aliphatic carbocycles. The molecule has 0 unspecified atom stereocenters. The summed E-state index contributed by atoms with van der Waals surface area (Å²) in [7, 11) is 0. The Morgan fingerprint density at radius 1 is 1.21 bits per heavy atom. The van der Waals surface area contributed by atoms with Gasteiger partial charge in [-0.25, -0.2) is 9.97 Å². The summed E-state index contributed by atoms with van der Waals surface area (Å²) >= 11 is 5.87. The average molecular weight is 276 g/mol. The number of nitrogens with zero attached hydrogens (tertiary/aromatic N) is 2. The van der Waals surface area contributed by atoms with Crippen LogP contribution in [-0.4, -0.2) is 16.6 Å². The molecule has 2 heterocycles. The van der Waals surface area contributed by atoms with Crippen LogP contribution in [0.25, 0.3) is 0 Å². The van der Waals surface area contributed by atoms with Crippen molar-refractivity contribution in [3.05, 3.63) is 51.9 Å². The Balaban J connectivity index is 1.89. The summed E-state index contributed by atoms with van der Waals surface area (Å²) in [6, 6.07) is 7.69. The van der Waals surface area contributed by atoms with Crippen LogP contribution in [0.1, 0.15) is 22.6 Å². The van der Waals surface area contributed by atoms with Gasteiger partial charge in [0.15, 0.2) is 0 Å². The van der Waals surface area contributed by atoms with Gasteiger partial charge >= 0.3 is 0 Å². The minimum absolute atomic E-state index is 0.516. The number of fused-ring (bicyclic) bond motifs is 1. The molecule has 1 aliphatic heterocycles. The number of aromatic nitrogens is 2. The molecule has 98 valence electrons. The Labute approximate surface area is 116 Å². The van der Waals surface area contributed by atoms with Crippen molar-refractivity contribution < 1.29 is 4.74 Å². The Kier molecular flexibility index (Phi) is 3.36. The fraction of sp³-hybridized carbons (Fsp3) is 0.286. The Morgan fingerprint density at radius 2 is 2.00 bits per heavy atom. The van der Waals surface area contributed by atoms with Crippen molar-refractivity contribution in [2.45, 2.75) is 19.4 Å². The molecule has 0 radical (unpaired) electrons. The highest BCUT2D eigenvalue weighted by Crippen LogP contribution is 2.21. The minimum atomic E-state index is 0.516. The highest BCUT2D eigenvalue weighted by molar-refractivity contribution is 6.30. The van der Waals surface area contributed by atoms with E-state index in [0.29, 0.717) is 25.5 Å². The first-order valence-electron chi connectivity index (χ1n) is 6.19. The predicted molar refractivity (Wildman–Crippen MR) is 74.1 cm³/mol. The molecule has 1 aromatic carbocycles. The smallest absolute Gasteiger partial charge is 0.135 e. The highest BCUT2D eigenvalue weighted by atomic mass is 35.5. The lowest BCUT2D eigenvalue weighted by molar-refractivity contribution is 0.109. The summed E-state index contributed by atoms with van der Waals surface area (Å²) in [6.07, 6.45) is 1.46. The van der Waals surface area contributed by atoms with Crippen LogP contribution in [0.3, 0.4) is 0 Å². The number of nitrogens with two attached hydrogens (primary N) is 1. The van der Waals surface area contributed by atoms with Gasteiger partial charge in [0.05, 0.1) is 18.9 Å². The molecule has 0 bridgehead atoms. The average Bonchev–Trinajstić information content (AvgIpc) is 2.42. The van der Waals surface area contributed by atoms with Gasteiger partial charge in [-0.15, -0.1) is 0 Å². The molecule has 0 saturated carbocycles. The van der Waals surface area contributed by atoms with Gasteiger partial charge in [0.2, 0.25) is 0 Å². The molecule has 0 spiro atoms. The summed E-state index contributed by atoms with van der Waals surface area (Å²) < 4.78 is 5.37. The topological polar surface area (TPSA) is 61.0 Å². The fourth-order valence-electron chi connectivity index (χ4n) is 2.17. The van der Waals surface area contributed by atoms with Crippen LogP contribution < -0.4 is 5.73 Å². The van der Waals surface area contributed by atoms with E-state index in [1.807, 2.05) is 24.3 Å². The molecule has 2 N–H and O–H groups in total. The van der Waals surface area contributed by atoms with Crippen molar-refractivity contribution in [1.29, 1.82) is 0 Å². The SMILES string of the molecule is Nc1nc(Cc2ccc(Cl)cc2)nc2c1COCC2. The minimum Gasteiger partial charge on any atom is -0.383 e. The quantitative estimate of drug-likeness (QED) is 0.914. The maximum Gasteiger partial charge on any atom is 0.135 e. The zero-order chi connectivity index (χ0) is 13.2. The van der Waals surface area contributed by atoms with E-state index in [9.17, 15) is 0 Å². The van der Waals surface area contributed by atoms with E-state index in [-0.39, 0.29) is 0 Å². The zero-order valence-electron chi connectivity index (χ0n) is 10.4. The molecule has 0 fully saturated rings.